The molecule has 0 bridgehead atoms. The Morgan fingerprint density at radius 1 is 1.20 bits per heavy atom. The van der Waals surface area contributed by atoms with Gasteiger partial charge < -0.3 is 10.6 Å². The van der Waals surface area contributed by atoms with Gasteiger partial charge in [0.2, 0.25) is 0 Å². The Balaban J connectivity index is 1.64. The number of aryl methyl sites for hydroxylation is 1. The molecule has 0 saturated carbocycles. The number of aromatic nitrogens is 5. The molecule has 2 aromatic carbocycles. The molecular weight excluding hydrogens is 510 g/mol. The summed E-state index contributed by atoms with van der Waals surface area (Å²) in [6, 6.07) is 9.86. The highest BCUT2D eigenvalue weighted by atomic mass is 35.5. The van der Waals surface area contributed by atoms with Gasteiger partial charge in [0.15, 0.2) is 5.82 Å². The van der Waals surface area contributed by atoms with E-state index in [2.05, 4.69) is 42.1 Å². The van der Waals surface area contributed by atoms with Crippen LogP contribution in [0.4, 0.5) is 21.5 Å². The minimum atomic E-state index is -0.629. The monoisotopic (exact) mass is 524 g/mol. The highest BCUT2D eigenvalue weighted by Gasteiger charge is 2.22. The van der Waals surface area contributed by atoms with E-state index >= 15 is 0 Å². The standard InChI is InChI=1S/C23H15Cl2FN8S/c1-11-23(35-10-29-11)22(18-9-30-34-33-18)31-13-5-14-20(32-17-4-2-3-15(24)19(17)26)12(7-27)8-28-21(14)16(25)6-13/h2-6,8-10,22,31H,1H3,(H,28,32)(H,30,33,34)/t22-/m1/s1. The number of aromatic amines is 1. The molecule has 3 aromatic heterocycles. The largest absolute Gasteiger partial charge is 0.372 e. The molecule has 0 amide bonds. The molecule has 0 aliphatic carbocycles. The van der Waals surface area contributed by atoms with Crippen LogP contribution in [0.2, 0.25) is 10.0 Å². The number of halogens is 3. The Bertz CT molecular complexity index is 1580. The molecule has 35 heavy (non-hydrogen) atoms. The van der Waals surface area contributed by atoms with Crippen molar-refractivity contribution in [1.29, 1.82) is 5.26 Å². The summed E-state index contributed by atoms with van der Waals surface area (Å²) < 4.78 is 14.7. The van der Waals surface area contributed by atoms with E-state index in [9.17, 15) is 9.65 Å². The van der Waals surface area contributed by atoms with Gasteiger partial charge in [-0.1, -0.05) is 34.5 Å². The quantitative estimate of drug-likeness (QED) is 0.236. The predicted molar refractivity (Wildman–Crippen MR) is 135 cm³/mol. The maximum atomic E-state index is 14.7. The average Bonchev–Trinajstić information content (AvgIpc) is 3.53. The van der Waals surface area contributed by atoms with Gasteiger partial charge >= 0.3 is 0 Å². The molecule has 0 aliphatic rings. The third-order valence-electron chi connectivity index (χ3n) is 5.34. The van der Waals surface area contributed by atoms with Crippen LogP contribution in [-0.4, -0.2) is 25.4 Å². The topological polar surface area (TPSA) is 115 Å². The molecule has 0 radical (unpaired) electrons. The first-order valence-electron chi connectivity index (χ1n) is 10.2. The number of hydrogen-bond donors (Lipinski definition) is 3. The van der Waals surface area contributed by atoms with Crippen LogP contribution in [0.25, 0.3) is 10.9 Å². The number of anilines is 3. The number of rotatable bonds is 6. The van der Waals surface area contributed by atoms with Crippen molar-refractivity contribution in [2.75, 3.05) is 10.6 Å². The molecule has 1 atom stereocenters. The highest BCUT2D eigenvalue weighted by Crippen LogP contribution is 2.38. The van der Waals surface area contributed by atoms with Crippen molar-refractivity contribution in [3.05, 3.63) is 85.9 Å². The molecule has 0 spiro atoms. The Kier molecular flexibility index (Phi) is 6.21. The van der Waals surface area contributed by atoms with Crippen molar-refractivity contribution in [2.45, 2.75) is 13.0 Å². The molecule has 3 N–H and O–H groups in total. The van der Waals surface area contributed by atoms with E-state index in [4.69, 9.17) is 23.2 Å². The van der Waals surface area contributed by atoms with Crippen molar-refractivity contribution in [1.82, 2.24) is 25.4 Å². The van der Waals surface area contributed by atoms with Crippen LogP contribution in [0.3, 0.4) is 0 Å². The van der Waals surface area contributed by atoms with E-state index < -0.39 is 5.82 Å². The zero-order chi connectivity index (χ0) is 24.5. The van der Waals surface area contributed by atoms with Crippen molar-refractivity contribution in [3.8, 4) is 6.07 Å². The second kappa shape index (κ2) is 9.46. The first-order valence-corrected chi connectivity index (χ1v) is 11.9. The summed E-state index contributed by atoms with van der Waals surface area (Å²) in [7, 11) is 0. The summed E-state index contributed by atoms with van der Waals surface area (Å²) in [6.07, 6.45) is 3.09. The molecule has 0 fully saturated rings. The summed E-state index contributed by atoms with van der Waals surface area (Å²) in [6.45, 7) is 1.92. The number of thiazole rings is 1. The average molecular weight is 525 g/mol. The lowest BCUT2D eigenvalue weighted by atomic mass is 10.1. The summed E-state index contributed by atoms with van der Waals surface area (Å²) >= 11 is 14.0. The van der Waals surface area contributed by atoms with Crippen LogP contribution in [0.1, 0.15) is 27.9 Å². The highest BCUT2D eigenvalue weighted by molar-refractivity contribution is 7.09. The number of H-pyrrole nitrogens is 1. The van der Waals surface area contributed by atoms with E-state index in [1.165, 1.54) is 29.7 Å². The van der Waals surface area contributed by atoms with Crippen LogP contribution in [0, 0.1) is 24.1 Å². The fourth-order valence-corrected chi connectivity index (χ4v) is 4.98. The van der Waals surface area contributed by atoms with Crippen LogP contribution >= 0.6 is 34.5 Å². The first-order chi connectivity index (χ1) is 17.0. The van der Waals surface area contributed by atoms with Gasteiger partial charge in [-0.2, -0.15) is 5.26 Å². The van der Waals surface area contributed by atoms with Gasteiger partial charge in [0.05, 0.1) is 48.6 Å². The summed E-state index contributed by atoms with van der Waals surface area (Å²) in [5, 5.41) is 27.7. The molecule has 3 heterocycles. The summed E-state index contributed by atoms with van der Waals surface area (Å²) in [5.74, 6) is -0.629. The summed E-state index contributed by atoms with van der Waals surface area (Å²) in [4.78, 5) is 9.65. The fraction of sp³-hybridized carbons (Fsp3) is 0.0870. The Labute approximate surface area is 212 Å². The third kappa shape index (κ3) is 4.37. The van der Waals surface area contributed by atoms with Gasteiger partial charge in [0.25, 0.3) is 0 Å². The molecule has 5 aromatic rings. The van der Waals surface area contributed by atoms with Gasteiger partial charge in [0.1, 0.15) is 17.8 Å². The van der Waals surface area contributed by atoms with Crippen molar-refractivity contribution in [2.24, 2.45) is 0 Å². The molecule has 12 heteroatoms. The first kappa shape index (κ1) is 23.0. The number of fused-ring (bicyclic) bond motifs is 1. The van der Waals surface area contributed by atoms with Crippen molar-refractivity contribution < 1.29 is 4.39 Å². The molecule has 8 nitrogen and oxygen atoms in total. The predicted octanol–water partition coefficient (Wildman–Crippen LogP) is 6.38. The second-order valence-corrected chi connectivity index (χ2v) is 9.22. The lowest BCUT2D eigenvalue weighted by Gasteiger charge is -2.19. The minimum Gasteiger partial charge on any atom is -0.372 e. The number of nitrogens with zero attached hydrogens (tertiary/aromatic N) is 5. The number of pyridine rings is 1. The molecule has 174 valence electrons. The van der Waals surface area contributed by atoms with Crippen molar-refractivity contribution >= 4 is 62.5 Å². The van der Waals surface area contributed by atoms with Crippen molar-refractivity contribution in [3.63, 3.8) is 0 Å². The second-order valence-electron chi connectivity index (χ2n) is 7.52. The molecule has 0 aliphatic heterocycles. The van der Waals surface area contributed by atoms with Crippen LogP contribution in [-0.2, 0) is 0 Å². The maximum absolute atomic E-state index is 14.7. The number of nitriles is 1. The molecule has 0 saturated heterocycles. The van der Waals surface area contributed by atoms with Gasteiger partial charge in [-0.3, -0.25) is 10.1 Å². The lowest BCUT2D eigenvalue weighted by molar-refractivity contribution is 0.632. The van der Waals surface area contributed by atoms with Gasteiger partial charge in [-0.15, -0.1) is 16.4 Å². The van der Waals surface area contributed by atoms with Gasteiger partial charge in [-0.05, 0) is 31.2 Å². The normalized spacial score (nSPS) is 11.9. The lowest BCUT2D eigenvalue weighted by Crippen LogP contribution is -2.13. The minimum absolute atomic E-state index is 0.0392. The van der Waals surface area contributed by atoms with E-state index in [1.807, 2.05) is 6.92 Å². The molecule has 0 unspecified atom stereocenters. The van der Waals surface area contributed by atoms with E-state index in [0.717, 1.165) is 10.6 Å². The Morgan fingerprint density at radius 3 is 2.77 bits per heavy atom. The van der Waals surface area contributed by atoms with E-state index in [1.54, 1.807) is 29.9 Å². The number of hydrogen-bond acceptors (Lipinski definition) is 8. The summed E-state index contributed by atoms with van der Waals surface area (Å²) in [5.41, 5.74) is 5.07. The third-order valence-corrected chi connectivity index (χ3v) is 6.92. The number of benzene rings is 2. The van der Waals surface area contributed by atoms with Crippen LogP contribution < -0.4 is 10.6 Å². The number of nitrogens with one attached hydrogen (secondary N) is 3. The van der Waals surface area contributed by atoms with Crippen LogP contribution in [0.15, 0.2) is 48.2 Å². The van der Waals surface area contributed by atoms with E-state index in [0.29, 0.717) is 33.0 Å². The Hall–Kier alpha value is -3.78. The Morgan fingerprint density at radius 2 is 2.06 bits per heavy atom. The van der Waals surface area contributed by atoms with E-state index in [-0.39, 0.29) is 22.3 Å². The molecular formula is C23H15Cl2FN8S. The van der Waals surface area contributed by atoms with Gasteiger partial charge in [-0.25, -0.2) is 9.37 Å². The van der Waals surface area contributed by atoms with Gasteiger partial charge in [0, 0.05) is 23.5 Å². The SMILES string of the molecule is Cc1ncsc1[C@H](Nc1cc(Cl)c2ncc(C#N)c(Nc3cccc(Cl)c3F)c2c1)c1c[nH]nn1. The zero-order valence-electron chi connectivity index (χ0n) is 18.0. The molecule has 5 rings (SSSR count). The maximum Gasteiger partial charge on any atom is 0.165 e. The van der Waals surface area contributed by atoms with Crippen LogP contribution in [0.5, 0.6) is 0 Å². The smallest absolute Gasteiger partial charge is 0.165 e. The zero-order valence-corrected chi connectivity index (χ0v) is 20.3. The fourth-order valence-electron chi connectivity index (χ4n) is 3.68.